The van der Waals surface area contributed by atoms with Crippen molar-refractivity contribution in [2.45, 2.75) is 44.4 Å². The van der Waals surface area contributed by atoms with E-state index in [1.54, 1.807) is 0 Å². The van der Waals surface area contributed by atoms with E-state index in [1.807, 2.05) is 0 Å². The van der Waals surface area contributed by atoms with E-state index in [1.165, 1.54) is 0 Å². The minimum absolute atomic E-state index is 0.0382. The van der Waals surface area contributed by atoms with Gasteiger partial charge < -0.3 is 19.9 Å². The second-order valence-electron chi connectivity index (χ2n) is 4.91. The fourth-order valence-electron chi connectivity index (χ4n) is 2.80. The summed E-state index contributed by atoms with van der Waals surface area (Å²) in [6, 6.07) is -0.0382. The largest absolute Gasteiger partial charge is 0.465 e. The van der Waals surface area contributed by atoms with Gasteiger partial charge in [-0.05, 0) is 12.8 Å². The van der Waals surface area contributed by atoms with E-state index >= 15 is 0 Å². The molecule has 1 saturated carbocycles. The molecule has 0 radical (unpaired) electrons. The first-order chi connectivity index (χ1) is 8.65. The van der Waals surface area contributed by atoms with Crippen molar-refractivity contribution >= 4 is 6.09 Å². The van der Waals surface area contributed by atoms with Gasteiger partial charge in [-0.3, -0.25) is 0 Å². The Labute approximate surface area is 107 Å². The highest BCUT2D eigenvalue weighted by Gasteiger charge is 2.44. The van der Waals surface area contributed by atoms with Crippen LogP contribution in [0.15, 0.2) is 12.2 Å². The van der Waals surface area contributed by atoms with Crippen LogP contribution in [-0.2, 0) is 9.47 Å². The van der Waals surface area contributed by atoms with E-state index < -0.39 is 11.9 Å². The Morgan fingerprint density at radius 1 is 1.50 bits per heavy atom. The standard InChI is InChI=1S/C13H21NO4/c1-2-3-4-10-9-13(17-7-8-18-13)6-5-11(10)14-12(15)16/h3-4,10-11,14H,2,5-9H2,1H3,(H,15,16)/b4-3+/t10-,11+/m1/s1. The maximum Gasteiger partial charge on any atom is 0.404 e. The molecule has 2 aliphatic rings. The van der Waals surface area contributed by atoms with Crippen LogP contribution in [0, 0.1) is 5.92 Å². The van der Waals surface area contributed by atoms with Gasteiger partial charge in [-0.15, -0.1) is 0 Å². The second kappa shape index (κ2) is 5.71. The second-order valence-corrected chi connectivity index (χ2v) is 4.91. The molecule has 0 unspecified atom stereocenters. The molecule has 1 saturated heterocycles. The third-order valence-electron chi connectivity index (χ3n) is 3.64. The third-order valence-corrected chi connectivity index (χ3v) is 3.64. The first-order valence-corrected chi connectivity index (χ1v) is 6.59. The molecule has 2 N–H and O–H groups in total. The van der Waals surface area contributed by atoms with Gasteiger partial charge in [0.15, 0.2) is 5.79 Å². The van der Waals surface area contributed by atoms with Crippen molar-refractivity contribution in [3.8, 4) is 0 Å². The van der Waals surface area contributed by atoms with Crippen molar-refractivity contribution in [3.05, 3.63) is 12.2 Å². The van der Waals surface area contributed by atoms with Crippen LogP contribution in [0.25, 0.3) is 0 Å². The number of rotatable bonds is 3. The van der Waals surface area contributed by atoms with E-state index in [-0.39, 0.29) is 12.0 Å². The molecule has 5 nitrogen and oxygen atoms in total. The molecule has 5 heteroatoms. The van der Waals surface area contributed by atoms with Crippen LogP contribution >= 0.6 is 0 Å². The molecule has 18 heavy (non-hydrogen) atoms. The maximum absolute atomic E-state index is 10.8. The predicted molar refractivity (Wildman–Crippen MR) is 66.4 cm³/mol. The van der Waals surface area contributed by atoms with E-state index in [9.17, 15) is 4.79 Å². The summed E-state index contributed by atoms with van der Waals surface area (Å²) in [6.07, 6.45) is 6.40. The summed E-state index contributed by atoms with van der Waals surface area (Å²) in [5.74, 6) is -0.327. The number of nitrogens with one attached hydrogen (secondary N) is 1. The molecule has 0 aromatic heterocycles. The SMILES string of the molecule is CC/C=C/[C@@H]1CC2(CC[C@@H]1NC(=O)O)OCCO2. The van der Waals surface area contributed by atoms with E-state index in [2.05, 4.69) is 24.4 Å². The van der Waals surface area contributed by atoms with Crippen LogP contribution in [0.5, 0.6) is 0 Å². The summed E-state index contributed by atoms with van der Waals surface area (Å²) >= 11 is 0. The molecule has 0 aromatic rings. The Kier molecular flexibility index (Phi) is 4.24. The number of carbonyl (C=O) groups is 1. The molecule has 1 amide bonds. The normalized spacial score (nSPS) is 30.9. The number of carboxylic acid groups (broad SMARTS) is 1. The quantitative estimate of drug-likeness (QED) is 0.758. The number of amides is 1. The van der Waals surface area contributed by atoms with Gasteiger partial charge in [0.2, 0.25) is 0 Å². The maximum atomic E-state index is 10.8. The summed E-state index contributed by atoms with van der Waals surface area (Å²) in [6.45, 7) is 3.35. The van der Waals surface area contributed by atoms with E-state index in [0.717, 1.165) is 25.7 Å². The Morgan fingerprint density at radius 3 is 2.83 bits per heavy atom. The summed E-state index contributed by atoms with van der Waals surface area (Å²) < 4.78 is 11.4. The molecule has 1 spiro atoms. The van der Waals surface area contributed by atoms with Crippen LogP contribution in [0.4, 0.5) is 4.79 Å². The Bertz CT molecular complexity index is 323. The average Bonchev–Trinajstić information content (AvgIpc) is 2.78. The van der Waals surface area contributed by atoms with Gasteiger partial charge in [-0.25, -0.2) is 4.79 Å². The molecule has 1 aliphatic heterocycles. The van der Waals surface area contributed by atoms with Gasteiger partial charge in [-0.2, -0.15) is 0 Å². The lowest BCUT2D eigenvalue weighted by Gasteiger charge is -2.39. The summed E-state index contributed by atoms with van der Waals surface area (Å²) in [5, 5.41) is 11.5. The van der Waals surface area contributed by atoms with Crippen molar-refractivity contribution in [2.75, 3.05) is 13.2 Å². The van der Waals surface area contributed by atoms with Gasteiger partial charge >= 0.3 is 6.09 Å². The van der Waals surface area contributed by atoms with Crippen molar-refractivity contribution in [2.24, 2.45) is 5.92 Å². The van der Waals surface area contributed by atoms with Crippen molar-refractivity contribution in [3.63, 3.8) is 0 Å². The first-order valence-electron chi connectivity index (χ1n) is 6.59. The Balaban J connectivity index is 2.04. The molecular formula is C13H21NO4. The van der Waals surface area contributed by atoms with Crippen LogP contribution in [0.3, 0.4) is 0 Å². The average molecular weight is 255 g/mol. The number of hydrogen-bond donors (Lipinski definition) is 2. The monoisotopic (exact) mass is 255 g/mol. The molecular weight excluding hydrogens is 234 g/mol. The van der Waals surface area contributed by atoms with Crippen LogP contribution in [-0.4, -0.2) is 36.2 Å². The molecule has 0 bridgehead atoms. The van der Waals surface area contributed by atoms with Gasteiger partial charge in [-0.1, -0.05) is 19.1 Å². The predicted octanol–water partition coefficient (Wildman–Crippen LogP) is 2.13. The molecule has 1 heterocycles. The molecule has 102 valence electrons. The minimum Gasteiger partial charge on any atom is -0.465 e. The van der Waals surface area contributed by atoms with Crippen molar-refractivity contribution in [1.29, 1.82) is 0 Å². The molecule has 2 fully saturated rings. The van der Waals surface area contributed by atoms with Crippen LogP contribution < -0.4 is 5.32 Å². The lowest BCUT2D eigenvalue weighted by atomic mass is 9.80. The van der Waals surface area contributed by atoms with Gasteiger partial charge in [0.05, 0.1) is 13.2 Å². The number of ether oxygens (including phenoxy) is 2. The topological polar surface area (TPSA) is 67.8 Å². The lowest BCUT2D eigenvalue weighted by Crippen LogP contribution is -2.48. The van der Waals surface area contributed by atoms with Gasteiger partial charge in [0, 0.05) is 24.8 Å². The van der Waals surface area contributed by atoms with E-state index in [4.69, 9.17) is 14.6 Å². The number of hydrogen-bond acceptors (Lipinski definition) is 3. The summed E-state index contributed by atoms with van der Waals surface area (Å²) in [4.78, 5) is 10.8. The van der Waals surface area contributed by atoms with E-state index in [0.29, 0.717) is 13.2 Å². The third kappa shape index (κ3) is 3.03. The highest BCUT2D eigenvalue weighted by Crippen LogP contribution is 2.39. The minimum atomic E-state index is -0.959. The highest BCUT2D eigenvalue weighted by atomic mass is 16.7. The fourth-order valence-corrected chi connectivity index (χ4v) is 2.80. The fraction of sp³-hybridized carbons (Fsp3) is 0.769. The number of allylic oxidation sites excluding steroid dienone is 1. The Morgan fingerprint density at radius 2 is 2.22 bits per heavy atom. The Hall–Kier alpha value is -1.07. The zero-order valence-electron chi connectivity index (χ0n) is 10.7. The van der Waals surface area contributed by atoms with Gasteiger partial charge in [0.25, 0.3) is 0 Å². The van der Waals surface area contributed by atoms with Crippen LogP contribution in [0.2, 0.25) is 0 Å². The van der Waals surface area contributed by atoms with Crippen molar-refractivity contribution < 1.29 is 19.4 Å². The smallest absolute Gasteiger partial charge is 0.404 e. The first kappa shape index (κ1) is 13.4. The van der Waals surface area contributed by atoms with Crippen molar-refractivity contribution in [1.82, 2.24) is 5.32 Å². The molecule has 2 atom stereocenters. The zero-order valence-corrected chi connectivity index (χ0v) is 10.7. The highest BCUT2D eigenvalue weighted by molar-refractivity contribution is 5.65. The van der Waals surface area contributed by atoms with Gasteiger partial charge in [0.1, 0.15) is 0 Å². The molecule has 1 aliphatic carbocycles. The van der Waals surface area contributed by atoms with Crippen LogP contribution in [0.1, 0.15) is 32.6 Å². The zero-order chi connectivity index (χ0) is 13.0. The molecule has 0 aromatic carbocycles. The summed E-state index contributed by atoms with van der Waals surface area (Å²) in [5.41, 5.74) is 0. The summed E-state index contributed by atoms with van der Waals surface area (Å²) in [7, 11) is 0. The lowest BCUT2D eigenvalue weighted by molar-refractivity contribution is -0.186. The molecule has 2 rings (SSSR count).